The highest BCUT2D eigenvalue weighted by Gasteiger charge is 2.36. The van der Waals surface area contributed by atoms with Crippen LogP contribution < -0.4 is 10.6 Å². The lowest BCUT2D eigenvalue weighted by atomic mass is 9.95. The number of alkyl carbamates (subject to hydrolysis) is 1. The van der Waals surface area contributed by atoms with E-state index in [0.29, 0.717) is 13.0 Å². The van der Waals surface area contributed by atoms with Gasteiger partial charge in [-0.3, -0.25) is 9.59 Å². The van der Waals surface area contributed by atoms with Crippen LogP contribution in [0.2, 0.25) is 0 Å². The van der Waals surface area contributed by atoms with Crippen molar-refractivity contribution in [3.05, 3.63) is 34.9 Å². The van der Waals surface area contributed by atoms with Crippen LogP contribution in [0.1, 0.15) is 83.5 Å². The van der Waals surface area contributed by atoms with Crippen molar-refractivity contribution >= 4 is 17.9 Å². The summed E-state index contributed by atoms with van der Waals surface area (Å²) in [5.74, 6) is -0.706. The Balaban J connectivity index is 3.28. The highest BCUT2D eigenvalue weighted by atomic mass is 16.6. The highest BCUT2D eigenvalue weighted by Crippen LogP contribution is 2.25. The van der Waals surface area contributed by atoms with Crippen molar-refractivity contribution in [2.45, 2.75) is 92.3 Å². The van der Waals surface area contributed by atoms with Gasteiger partial charge in [0.05, 0.1) is 0 Å². The van der Waals surface area contributed by atoms with Crippen molar-refractivity contribution in [3.63, 3.8) is 0 Å². The monoisotopic (exact) mass is 461 g/mol. The number of ether oxygens (including phenoxy) is 1. The van der Waals surface area contributed by atoms with Gasteiger partial charge in [-0.05, 0) is 63.6 Å². The number of hydrogen-bond donors (Lipinski definition) is 2. The van der Waals surface area contributed by atoms with Crippen LogP contribution in [0.5, 0.6) is 0 Å². The van der Waals surface area contributed by atoms with E-state index in [1.165, 1.54) is 4.90 Å². The summed E-state index contributed by atoms with van der Waals surface area (Å²) in [5, 5.41) is 5.70. The molecule has 1 rings (SSSR count). The number of nitrogens with one attached hydrogen (secondary N) is 2. The summed E-state index contributed by atoms with van der Waals surface area (Å²) in [6, 6.07) is 4.17. The molecular weight excluding hydrogens is 418 g/mol. The Bertz CT molecular complexity index is 816. The van der Waals surface area contributed by atoms with Crippen molar-refractivity contribution in [1.82, 2.24) is 15.5 Å². The molecule has 7 nitrogen and oxygen atoms in total. The highest BCUT2D eigenvalue weighted by molar-refractivity contribution is 5.92. The van der Waals surface area contributed by atoms with Gasteiger partial charge in [0.1, 0.15) is 17.7 Å². The normalized spacial score (nSPS) is 14.1. The van der Waals surface area contributed by atoms with Crippen molar-refractivity contribution in [2.24, 2.45) is 5.92 Å². The molecule has 0 aromatic heterocycles. The number of amides is 3. The second-order valence-corrected chi connectivity index (χ2v) is 9.85. The lowest BCUT2D eigenvalue weighted by Crippen LogP contribution is -2.54. The van der Waals surface area contributed by atoms with Crippen LogP contribution in [0.4, 0.5) is 4.79 Å². The summed E-state index contributed by atoms with van der Waals surface area (Å²) in [5.41, 5.74) is 2.22. The number of hydrogen-bond acceptors (Lipinski definition) is 4. The molecule has 3 unspecified atom stereocenters. The van der Waals surface area contributed by atoms with E-state index in [-0.39, 0.29) is 17.7 Å². The van der Waals surface area contributed by atoms with E-state index in [4.69, 9.17) is 4.74 Å². The number of carbonyl (C=O) groups excluding carboxylic acids is 3. The lowest BCUT2D eigenvalue weighted by Gasteiger charge is -2.33. The minimum atomic E-state index is -0.813. The maximum Gasteiger partial charge on any atom is 0.408 e. The standard InChI is InChI=1S/C26H43N3O4/c1-10-12-15-27-23(30)22(20-14-13-18(4)19(5)16-20)29(9)24(31)21(17(3)11-2)28-25(32)33-26(6,7)8/h13-14,16-17,21-22H,10-12,15H2,1-9H3,(H,27,30)(H,28,32). The topological polar surface area (TPSA) is 87.7 Å². The van der Waals surface area contributed by atoms with Crippen LogP contribution in [0, 0.1) is 19.8 Å². The molecule has 0 aliphatic rings. The minimum Gasteiger partial charge on any atom is -0.444 e. The summed E-state index contributed by atoms with van der Waals surface area (Å²) in [6.45, 7) is 15.8. The van der Waals surface area contributed by atoms with E-state index in [0.717, 1.165) is 29.5 Å². The van der Waals surface area contributed by atoms with Crippen molar-refractivity contribution < 1.29 is 19.1 Å². The molecule has 1 aromatic rings. The van der Waals surface area contributed by atoms with Gasteiger partial charge in [-0.15, -0.1) is 0 Å². The van der Waals surface area contributed by atoms with Crippen LogP contribution >= 0.6 is 0 Å². The molecule has 186 valence electrons. The maximum atomic E-state index is 13.6. The van der Waals surface area contributed by atoms with Gasteiger partial charge in [0.2, 0.25) is 11.8 Å². The zero-order valence-corrected chi connectivity index (χ0v) is 21.9. The van der Waals surface area contributed by atoms with Crippen LogP contribution in [-0.4, -0.2) is 48.0 Å². The molecule has 2 N–H and O–H groups in total. The summed E-state index contributed by atoms with van der Waals surface area (Å²) in [7, 11) is 1.62. The Kier molecular flexibility index (Phi) is 10.9. The number of rotatable bonds is 10. The molecule has 0 bridgehead atoms. The third-order valence-corrected chi connectivity index (χ3v) is 5.81. The van der Waals surface area contributed by atoms with E-state index in [1.54, 1.807) is 27.8 Å². The van der Waals surface area contributed by atoms with Crippen LogP contribution in [0.3, 0.4) is 0 Å². The Morgan fingerprint density at radius 2 is 1.73 bits per heavy atom. The van der Waals surface area contributed by atoms with Crippen molar-refractivity contribution in [3.8, 4) is 0 Å². The number of unbranched alkanes of at least 4 members (excludes halogenated alkanes) is 1. The molecule has 1 aromatic carbocycles. The van der Waals surface area contributed by atoms with E-state index in [2.05, 4.69) is 17.6 Å². The molecule has 0 aliphatic carbocycles. The van der Waals surface area contributed by atoms with Gasteiger partial charge in [-0.1, -0.05) is 51.8 Å². The lowest BCUT2D eigenvalue weighted by molar-refractivity contribution is -0.141. The summed E-state index contributed by atoms with van der Waals surface area (Å²) in [6.07, 6.45) is 1.85. The van der Waals surface area contributed by atoms with Gasteiger partial charge in [0, 0.05) is 13.6 Å². The Morgan fingerprint density at radius 3 is 2.24 bits per heavy atom. The fourth-order valence-electron chi connectivity index (χ4n) is 3.43. The van der Waals surface area contributed by atoms with E-state index in [9.17, 15) is 14.4 Å². The molecule has 0 aliphatic heterocycles. The molecule has 33 heavy (non-hydrogen) atoms. The first kappa shape index (κ1) is 28.5. The van der Waals surface area contributed by atoms with Crippen LogP contribution in [-0.2, 0) is 14.3 Å². The largest absolute Gasteiger partial charge is 0.444 e. The van der Waals surface area contributed by atoms with Crippen LogP contribution in [0.25, 0.3) is 0 Å². The van der Waals surface area contributed by atoms with Crippen LogP contribution in [0.15, 0.2) is 18.2 Å². The van der Waals surface area contributed by atoms with Gasteiger partial charge >= 0.3 is 6.09 Å². The average Bonchev–Trinajstić information content (AvgIpc) is 2.72. The van der Waals surface area contributed by atoms with Gasteiger partial charge in [0.25, 0.3) is 0 Å². The molecule has 3 atom stereocenters. The van der Waals surface area contributed by atoms with Gasteiger partial charge < -0.3 is 20.3 Å². The predicted molar refractivity (Wildman–Crippen MR) is 132 cm³/mol. The second kappa shape index (κ2) is 12.6. The number of nitrogens with zero attached hydrogens (tertiary/aromatic N) is 1. The number of aryl methyl sites for hydroxylation is 2. The summed E-state index contributed by atoms with van der Waals surface area (Å²) < 4.78 is 5.38. The molecule has 0 fully saturated rings. The quantitative estimate of drug-likeness (QED) is 0.496. The Morgan fingerprint density at radius 1 is 1.09 bits per heavy atom. The van der Waals surface area contributed by atoms with Crippen molar-refractivity contribution in [2.75, 3.05) is 13.6 Å². The molecule has 7 heteroatoms. The number of benzene rings is 1. The Labute approximate surface area is 199 Å². The fraction of sp³-hybridized carbons (Fsp3) is 0.654. The molecule has 0 radical (unpaired) electrons. The maximum absolute atomic E-state index is 13.6. The molecule has 0 spiro atoms. The Hall–Kier alpha value is -2.57. The molecule has 0 heterocycles. The average molecular weight is 462 g/mol. The molecule has 3 amide bonds. The fourth-order valence-corrected chi connectivity index (χ4v) is 3.43. The van der Waals surface area contributed by atoms with Gasteiger partial charge in [-0.2, -0.15) is 0 Å². The summed E-state index contributed by atoms with van der Waals surface area (Å²) >= 11 is 0. The smallest absolute Gasteiger partial charge is 0.408 e. The third kappa shape index (κ3) is 8.71. The van der Waals surface area contributed by atoms with E-state index >= 15 is 0 Å². The van der Waals surface area contributed by atoms with Gasteiger partial charge in [0.15, 0.2) is 0 Å². The third-order valence-electron chi connectivity index (χ3n) is 5.81. The predicted octanol–water partition coefficient (Wildman–Crippen LogP) is 4.66. The summed E-state index contributed by atoms with van der Waals surface area (Å²) in [4.78, 5) is 40.7. The first-order chi connectivity index (χ1) is 15.3. The first-order valence-electron chi connectivity index (χ1n) is 11.9. The van der Waals surface area contributed by atoms with E-state index in [1.807, 2.05) is 45.9 Å². The van der Waals surface area contributed by atoms with E-state index < -0.39 is 23.8 Å². The number of likely N-dealkylation sites (N-methyl/N-ethyl adjacent to an activating group) is 1. The minimum absolute atomic E-state index is 0.143. The second-order valence-electron chi connectivity index (χ2n) is 9.85. The molecular formula is C26H43N3O4. The molecule has 0 saturated carbocycles. The number of carbonyl (C=O) groups is 3. The first-order valence-corrected chi connectivity index (χ1v) is 11.9. The zero-order chi connectivity index (χ0) is 25.3. The molecule has 0 saturated heterocycles. The van der Waals surface area contributed by atoms with Gasteiger partial charge in [-0.25, -0.2) is 4.79 Å². The SMILES string of the molecule is CCCCNC(=O)C(c1ccc(C)c(C)c1)N(C)C(=O)C(NC(=O)OC(C)(C)C)C(C)CC. The zero-order valence-electron chi connectivity index (χ0n) is 21.9. The van der Waals surface area contributed by atoms with Crippen molar-refractivity contribution in [1.29, 1.82) is 0 Å².